The van der Waals surface area contributed by atoms with Gasteiger partial charge in [-0.25, -0.2) is 4.79 Å². The third-order valence-electron chi connectivity index (χ3n) is 5.51. The summed E-state index contributed by atoms with van der Waals surface area (Å²) < 4.78 is 22.8. The summed E-state index contributed by atoms with van der Waals surface area (Å²) in [6.45, 7) is 11.4. The fourth-order valence-electron chi connectivity index (χ4n) is 4.10. The molecule has 1 aromatic rings. The summed E-state index contributed by atoms with van der Waals surface area (Å²) in [7, 11) is 3.10. The predicted octanol–water partition coefficient (Wildman–Crippen LogP) is 3.58. The van der Waals surface area contributed by atoms with E-state index >= 15 is 0 Å². The molecule has 0 saturated carbocycles. The van der Waals surface area contributed by atoms with Crippen molar-refractivity contribution in [1.82, 2.24) is 0 Å². The first-order valence-corrected chi connectivity index (χ1v) is 9.36. The number of carbonyl (C=O) groups is 2. The summed E-state index contributed by atoms with van der Waals surface area (Å²) in [4.78, 5) is 26.5. The van der Waals surface area contributed by atoms with Gasteiger partial charge >= 0.3 is 5.97 Å². The summed E-state index contributed by atoms with van der Waals surface area (Å²) in [6.07, 6.45) is 0.690. The summed E-state index contributed by atoms with van der Waals surface area (Å²) in [5.74, 6) is -0.603. The molecule has 2 fully saturated rings. The second-order valence-electron chi connectivity index (χ2n) is 8.56. The van der Waals surface area contributed by atoms with Crippen molar-refractivity contribution in [2.24, 2.45) is 0 Å². The van der Waals surface area contributed by atoms with Gasteiger partial charge in [0, 0.05) is 12.0 Å². The molecule has 0 aliphatic carbocycles. The largest absolute Gasteiger partial charge is 0.497 e. The number of hydrogen-bond acceptors (Lipinski definition) is 6. The molecule has 0 aromatic heterocycles. The van der Waals surface area contributed by atoms with Crippen molar-refractivity contribution in [3.05, 3.63) is 35.9 Å². The van der Waals surface area contributed by atoms with Gasteiger partial charge < -0.3 is 18.9 Å². The minimum absolute atomic E-state index is 0.220. The SMILES string of the molecule is C=C1[C@@H](c2cc(OC)ccc2OC)[C@@]2(C(=O)OC(C)(C)C)O[C@]1(C)CCC2=O. The van der Waals surface area contributed by atoms with Gasteiger partial charge in [-0.2, -0.15) is 0 Å². The average Bonchev–Trinajstić information content (AvgIpc) is 2.82. The molecule has 3 atom stereocenters. The number of methoxy groups -OCH3 is 2. The van der Waals surface area contributed by atoms with Crippen LogP contribution in [0, 0.1) is 0 Å². The fraction of sp³-hybridized carbons (Fsp3) is 0.545. The van der Waals surface area contributed by atoms with E-state index in [0.29, 0.717) is 29.1 Å². The van der Waals surface area contributed by atoms with Gasteiger partial charge in [0.2, 0.25) is 5.60 Å². The highest BCUT2D eigenvalue weighted by molar-refractivity contribution is 6.11. The van der Waals surface area contributed by atoms with E-state index in [4.69, 9.17) is 18.9 Å². The van der Waals surface area contributed by atoms with E-state index in [1.165, 1.54) is 0 Å². The highest BCUT2D eigenvalue weighted by atomic mass is 16.6. The van der Waals surface area contributed by atoms with Crippen molar-refractivity contribution in [3.63, 3.8) is 0 Å². The molecule has 3 rings (SSSR count). The Morgan fingerprint density at radius 3 is 2.50 bits per heavy atom. The number of hydrogen-bond donors (Lipinski definition) is 0. The third kappa shape index (κ3) is 3.00. The van der Waals surface area contributed by atoms with E-state index in [-0.39, 0.29) is 12.2 Å². The summed E-state index contributed by atoms with van der Waals surface area (Å²) in [6, 6.07) is 5.28. The van der Waals surface area contributed by atoms with Crippen molar-refractivity contribution in [3.8, 4) is 11.5 Å². The zero-order valence-electron chi connectivity index (χ0n) is 17.4. The minimum Gasteiger partial charge on any atom is -0.497 e. The summed E-state index contributed by atoms with van der Waals surface area (Å²) >= 11 is 0. The van der Waals surface area contributed by atoms with E-state index in [1.807, 2.05) is 6.92 Å². The highest BCUT2D eigenvalue weighted by Crippen LogP contribution is 2.59. The van der Waals surface area contributed by atoms with E-state index in [1.54, 1.807) is 53.2 Å². The number of carbonyl (C=O) groups excluding carboxylic acids is 2. The normalized spacial score (nSPS) is 29.6. The Morgan fingerprint density at radius 2 is 1.93 bits per heavy atom. The van der Waals surface area contributed by atoms with Crippen LogP contribution < -0.4 is 9.47 Å². The van der Waals surface area contributed by atoms with Crippen molar-refractivity contribution >= 4 is 11.8 Å². The lowest BCUT2D eigenvalue weighted by Gasteiger charge is -2.38. The van der Waals surface area contributed by atoms with Gasteiger partial charge in [0.25, 0.3) is 0 Å². The van der Waals surface area contributed by atoms with Crippen LogP contribution in [-0.4, -0.2) is 42.8 Å². The molecule has 1 aromatic carbocycles. The second-order valence-corrected chi connectivity index (χ2v) is 8.56. The molecule has 6 heteroatoms. The van der Waals surface area contributed by atoms with Gasteiger partial charge in [-0.3, -0.25) is 4.79 Å². The molecule has 2 saturated heterocycles. The molecule has 0 spiro atoms. The van der Waals surface area contributed by atoms with Crippen LogP contribution in [0.1, 0.15) is 52.0 Å². The molecule has 0 radical (unpaired) electrons. The number of fused-ring (bicyclic) bond motifs is 2. The minimum atomic E-state index is -1.78. The Labute approximate surface area is 165 Å². The number of Topliss-reactive ketones (excluding diaryl/α,β-unsaturated/α-hetero) is 1. The van der Waals surface area contributed by atoms with Crippen LogP contribution in [0.25, 0.3) is 0 Å². The number of benzene rings is 1. The number of rotatable bonds is 4. The number of esters is 1. The van der Waals surface area contributed by atoms with Crippen LogP contribution >= 0.6 is 0 Å². The maximum Gasteiger partial charge on any atom is 0.347 e. The molecule has 152 valence electrons. The Balaban J connectivity index is 2.24. The zero-order valence-corrected chi connectivity index (χ0v) is 17.4. The lowest BCUT2D eigenvalue weighted by molar-refractivity contribution is -0.198. The molecular weight excluding hydrogens is 360 g/mol. The van der Waals surface area contributed by atoms with Gasteiger partial charge in [0.15, 0.2) is 5.78 Å². The first-order valence-electron chi connectivity index (χ1n) is 9.36. The van der Waals surface area contributed by atoms with Crippen LogP contribution in [0.5, 0.6) is 11.5 Å². The Bertz CT molecular complexity index is 836. The molecule has 0 amide bonds. The highest BCUT2D eigenvalue weighted by Gasteiger charge is 2.69. The first kappa shape index (κ1) is 20.4. The molecule has 28 heavy (non-hydrogen) atoms. The lowest BCUT2D eigenvalue weighted by Crippen LogP contribution is -2.56. The van der Waals surface area contributed by atoms with Crippen molar-refractivity contribution in [2.75, 3.05) is 14.2 Å². The van der Waals surface area contributed by atoms with Gasteiger partial charge in [0.1, 0.15) is 17.1 Å². The van der Waals surface area contributed by atoms with E-state index < -0.39 is 28.7 Å². The molecular formula is C22H28O6. The van der Waals surface area contributed by atoms with Crippen LogP contribution in [0.15, 0.2) is 30.4 Å². The maximum atomic E-state index is 13.3. The predicted molar refractivity (Wildman–Crippen MR) is 104 cm³/mol. The van der Waals surface area contributed by atoms with Gasteiger partial charge in [-0.1, -0.05) is 6.58 Å². The van der Waals surface area contributed by atoms with Crippen molar-refractivity contribution in [2.45, 2.75) is 63.3 Å². The molecule has 6 nitrogen and oxygen atoms in total. The molecule has 2 heterocycles. The summed E-state index contributed by atoms with van der Waals surface area (Å²) in [5, 5.41) is 0. The smallest absolute Gasteiger partial charge is 0.347 e. The monoisotopic (exact) mass is 388 g/mol. The zero-order chi connectivity index (χ0) is 20.9. The Morgan fingerprint density at radius 1 is 1.25 bits per heavy atom. The van der Waals surface area contributed by atoms with E-state index in [0.717, 1.165) is 0 Å². The lowest BCUT2D eigenvalue weighted by atomic mass is 9.76. The van der Waals surface area contributed by atoms with Crippen LogP contribution in [-0.2, 0) is 19.1 Å². The van der Waals surface area contributed by atoms with E-state index in [9.17, 15) is 9.59 Å². The molecule has 2 aliphatic heterocycles. The van der Waals surface area contributed by atoms with Crippen molar-refractivity contribution < 1.29 is 28.5 Å². The molecule has 0 unspecified atom stereocenters. The Hall–Kier alpha value is -2.34. The number of ketones is 1. The molecule has 0 N–H and O–H groups in total. The fourth-order valence-corrected chi connectivity index (χ4v) is 4.10. The standard InChI is InChI=1S/C22H28O6/c1-13-18(15-12-14(25-6)8-9-16(15)26-7)22(19(24)27-20(2,3)4)17(23)10-11-21(13,5)28-22/h8-9,12,18H,1,10-11H2,2-7H3/t18-,21+,22-/m0/s1. The molecule has 2 bridgehead atoms. The second kappa shape index (κ2) is 6.62. The third-order valence-corrected chi connectivity index (χ3v) is 5.51. The number of ether oxygens (including phenoxy) is 4. The van der Waals surface area contributed by atoms with Crippen LogP contribution in [0.3, 0.4) is 0 Å². The average molecular weight is 388 g/mol. The molecule has 2 aliphatic rings. The van der Waals surface area contributed by atoms with Gasteiger partial charge in [-0.05, 0) is 57.9 Å². The quantitative estimate of drug-likeness (QED) is 0.446. The first-order chi connectivity index (χ1) is 13.0. The Kier molecular flexibility index (Phi) is 4.82. The summed E-state index contributed by atoms with van der Waals surface area (Å²) in [5.41, 5.74) is -2.07. The van der Waals surface area contributed by atoms with Gasteiger partial charge in [-0.15, -0.1) is 0 Å². The van der Waals surface area contributed by atoms with Gasteiger partial charge in [0.05, 0.1) is 25.7 Å². The van der Waals surface area contributed by atoms with Crippen LogP contribution in [0.2, 0.25) is 0 Å². The van der Waals surface area contributed by atoms with E-state index in [2.05, 4.69) is 6.58 Å². The topological polar surface area (TPSA) is 71.1 Å². The van der Waals surface area contributed by atoms with Crippen molar-refractivity contribution in [1.29, 1.82) is 0 Å². The maximum absolute atomic E-state index is 13.3. The van der Waals surface area contributed by atoms with Crippen LogP contribution in [0.4, 0.5) is 0 Å².